The van der Waals surface area contributed by atoms with Crippen LogP contribution in [0.25, 0.3) is 0 Å². The highest BCUT2D eigenvalue weighted by molar-refractivity contribution is 6.04. The molecule has 3 nitrogen and oxygen atoms in total. The van der Waals surface area contributed by atoms with Gasteiger partial charge in [0.05, 0.1) is 0 Å². The molecule has 1 amide bonds. The van der Waals surface area contributed by atoms with Gasteiger partial charge in [-0.3, -0.25) is 4.79 Å². The number of aliphatic hydroxyl groups is 1. The van der Waals surface area contributed by atoms with E-state index in [9.17, 15) is 4.79 Å². The molecule has 2 N–H and O–H groups in total. The molecular weight excluding hydrogens is 262 g/mol. The molecule has 2 aromatic carbocycles. The van der Waals surface area contributed by atoms with Crippen LogP contribution < -0.4 is 5.32 Å². The molecule has 0 aliphatic heterocycles. The quantitative estimate of drug-likeness (QED) is 0.830. The normalized spacial score (nSPS) is 9.67. The van der Waals surface area contributed by atoms with Crippen LogP contribution in [0, 0.1) is 25.7 Å². The lowest BCUT2D eigenvalue weighted by Crippen LogP contribution is -2.12. The number of carbonyl (C=O) groups excluding carboxylic acids is 1. The molecule has 2 rings (SSSR count). The van der Waals surface area contributed by atoms with E-state index < -0.39 is 0 Å². The third kappa shape index (κ3) is 4.20. The van der Waals surface area contributed by atoms with E-state index in [1.54, 1.807) is 18.2 Å². The van der Waals surface area contributed by atoms with Crippen molar-refractivity contribution < 1.29 is 9.90 Å². The van der Waals surface area contributed by atoms with Crippen LogP contribution in [0.2, 0.25) is 0 Å². The maximum atomic E-state index is 12.2. The molecule has 0 saturated heterocycles. The predicted molar refractivity (Wildman–Crippen MR) is 84.3 cm³/mol. The van der Waals surface area contributed by atoms with E-state index in [0.29, 0.717) is 11.3 Å². The van der Waals surface area contributed by atoms with Gasteiger partial charge in [0.15, 0.2) is 0 Å². The van der Waals surface area contributed by atoms with Gasteiger partial charge in [0.1, 0.15) is 6.61 Å². The molecule has 21 heavy (non-hydrogen) atoms. The van der Waals surface area contributed by atoms with E-state index in [0.717, 1.165) is 16.7 Å². The number of rotatable bonds is 2. The van der Waals surface area contributed by atoms with E-state index >= 15 is 0 Å². The van der Waals surface area contributed by atoms with E-state index in [-0.39, 0.29) is 12.5 Å². The van der Waals surface area contributed by atoms with Crippen LogP contribution in [-0.4, -0.2) is 17.6 Å². The van der Waals surface area contributed by atoms with Crippen LogP contribution in [0.15, 0.2) is 42.5 Å². The molecule has 0 aliphatic carbocycles. The van der Waals surface area contributed by atoms with Crippen molar-refractivity contribution in [3.05, 3.63) is 64.7 Å². The zero-order valence-corrected chi connectivity index (χ0v) is 12.1. The molecular formula is C18H17NO2. The van der Waals surface area contributed by atoms with E-state index in [1.165, 1.54) is 0 Å². The fourth-order valence-corrected chi connectivity index (χ4v) is 1.98. The molecule has 0 aromatic heterocycles. The van der Waals surface area contributed by atoms with Crippen molar-refractivity contribution in [1.82, 2.24) is 0 Å². The first-order chi connectivity index (χ1) is 10.1. The van der Waals surface area contributed by atoms with E-state index in [1.807, 2.05) is 38.1 Å². The van der Waals surface area contributed by atoms with Gasteiger partial charge in [-0.1, -0.05) is 29.5 Å². The zero-order chi connectivity index (χ0) is 15.2. The van der Waals surface area contributed by atoms with Crippen LogP contribution in [0.1, 0.15) is 27.0 Å². The Morgan fingerprint density at radius 1 is 1.10 bits per heavy atom. The summed E-state index contributed by atoms with van der Waals surface area (Å²) in [6.07, 6.45) is 0. The van der Waals surface area contributed by atoms with E-state index in [4.69, 9.17) is 5.11 Å². The molecule has 0 heterocycles. The van der Waals surface area contributed by atoms with Crippen LogP contribution >= 0.6 is 0 Å². The summed E-state index contributed by atoms with van der Waals surface area (Å²) in [5.74, 6) is 5.30. The highest BCUT2D eigenvalue weighted by atomic mass is 16.2. The number of anilines is 1. The van der Waals surface area contributed by atoms with Crippen molar-refractivity contribution in [3.8, 4) is 11.8 Å². The van der Waals surface area contributed by atoms with Crippen molar-refractivity contribution in [1.29, 1.82) is 0 Å². The molecule has 0 atom stereocenters. The van der Waals surface area contributed by atoms with Crippen molar-refractivity contribution in [2.45, 2.75) is 13.8 Å². The maximum Gasteiger partial charge on any atom is 0.255 e. The minimum atomic E-state index is -0.182. The largest absolute Gasteiger partial charge is 0.384 e. The Hall–Kier alpha value is -2.57. The minimum absolute atomic E-state index is 0.151. The Morgan fingerprint density at radius 2 is 1.81 bits per heavy atom. The average molecular weight is 279 g/mol. The minimum Gasteiger partial charge on any atom is -0.384 e. The second-order valence-corrected chi connectivity index (χ2v) is 4.87. The summed E-state index contributed by atoms with van der Waals surface area (Å²) in [6.45, 7) is 3.74. The second kappa shape index (κ2) is 6.74. The van der Waals surface area contributed by atoms with Gasteiger partial charge in [-0.25, -0.2) is 0 Å². The lowest BCUT2D eigenvalue weighted by atomic mass is 10.1. The highest BCUT2D eigenvalue weighted by Gasteiger charge is 2.06. The summed E-state index contributed by atoms with van der Waals surface area (Å²) in [4.78, 5) is 12.2. The summed E-state index contributed by atoms with van der Waals surface area (Å²) >= 11 is 0. The first kappa shape index (κ1) is 14.8. The smallest absolute Gasteiger partial charge is 0.255 e. The van der Waals surface area contributed by atoms with Crippen LogP contribution in [0.5, 0.6) is 0 Å². The molecule has 3 heteroatoms. The number of amides is 1. The topological polar surface area (TPSA) is 49.3 Å². The number of hydrogen-bond acceptors (Lipinski definition) is 2. The summed E-state index contributed by atoms with van der Waals surface area (Å²) in [5.41, 5.74) is 4.19. The fraction of sp³-hybridized carbons (Fsp3) is 0.167. The Kier molecular flexibility index (Phi) is 4.76. The van der Waals surface area contributed by atoms with Gasteiger partial charge in [-0.2, -0.15) is 0 Å². The van der Waals surface area contributed by atoms with Gasteiger partial charge in [0.2, 0.25) is 0 Å². The molecule has 0 aliphatic rings. The number of hydrogen-bond donors (Lipinski definition) is 2. The van der Waals surface area contributed by atoms with Gasteiger partial charge < -0.3 is 10.4 Å². The third-order valence-electron chi connectivity index (χ3n) is 2.96. The Morgan fingerprint density at radius 3 is 2.48 bits per heavy atom. The zero-order valence-electron chi connectivity index (χ0n) is 12.1. The summed E-state index contributed by atoms with van der Waals surface area (Å²) in [5, 5.41) is 11.6. The molecule has 0 bridgehead atoms. The van der Waals surface area contributed by atoms with Crippen LogP contribution in [-0.2, 0) is 0 Å². The first-order valence-electron chi connectivity index (χ1n) is 6.68. The maximum absolute atomic E-state index is 12.2. The number of benzene rings is 2. The van der Waals surface area contributed by atoms with Gasteiger partial charge >= 0.3 is 0 Å². The monoisotopic (exact) mass is 279 g/mol. The first-order valence-corrected chi connectivity index (χ1v) is 6.68. The van der Waals surface area contributed by atoms with Crippen LogP contribution in [0.3, 0.4) is 0 Å². The predicted octanol–water partition coefficient (Wildman–Crippen LogP) is 2.90. The molecule has 0 radical (unpaired) electrons. The number of nitrogens with one attached hydrogen (secondary N) is 1. The standard InChI is InChI=1S/C18H17NO2/c1-13-5-7-16(8-6-13)18(21)19-17-11-14(2)10-15(12-17)4-3-9-20/h5-8,10-12,20H,9H2,1-2H3,(H,19,21). The van der Waals surface area contributed by atoms with Gasteiger partial charge in [0, 0.05) is 16.8 Å². The van der Waals surface area contributed by atoms with Gasteiger partial charge in [-0.05, 0) is 49.7 Å². The average Bonchev–Trinajstić information content (AvgIpc) is 2.45. The Balaban J connectivity index is 2.20. The SMILES string of the molecule is Cc1ccc(C(=O)Nc2cc(C)cc(C#CCO)c2)cc1. The molecule has 0 saturated carbocycles. The number of carbonyl (C=O) groups is 1. The third-order valence-corrected chi connectivity index (χ3v) is 2.96. The lowest BCUT2D eigenvalue weighted by Gasteiger charge is -2.07. The molecule has 0 spiro atoms. The number of aryl methyl sites for hydroxylation is 2. The van der Waals surface area contributed by atoms with Crippen molar-refractivity contribution in [2.24, 2.45) is 0 Å². The Labute approximate surface area is 124 Å². The Bertz CT molecular complexity index is 706. The molecule has 0 unspecified atom stereocenters. The summed E-state index contributed by atoms with van der Waals surface area (Å²) < 4.78 is 0. The highest BCUT2D eigenvalue weighted by Crippen LogP contribution is 2.15. The fourth-order valence-electron chi connectivity index (χ4n) is 1.98. The second-order valence-electron chi connectivity index (χ2n) is 4.87. The molecule has 106 valence electrons. The summed E-state index contributed by atoms with van der Waals surface area (Å²) in [7, 11) is 0. The lowest BCUT2D eigenvalue weighted by molar-refractivity contribution is 0.102. The molecule has 2 aromatic rings. The summed E-state index contributed by atoms with van der Waals surface area (Å²) in [6, 6.07) is 13.0. The van der Waals surface area contributed by atoms with Gasteiger partial charge in [-0.15, -0.1) is 0 Å². The van der Waals surface area contributed by atoms with Crippen LogP contribution in [0.4, 0.5) is 5.69 Å². The van der Waals surface area contributed by atoms with Gasteiger partial charge in [0.25, 0.3) is 5.91 Å². The number of aliphatic hydroxyl groups excluding tert-OH is 1. The van der Waals surface area contributed by atoms with Crippen molar-refractivity contribution in [3.63, 3.8) is 0 Å². The van der Waals surface area contributed by atoms with Crippen molar-refractivity contribution >= 4 is 11.6 Å². The molecule has 0 fully saturated rings. The van der Waals surface area contributed by atoms with E-state index in [2.05, 4.69) is 17.2 Å². The van der Waals surface area contributed by atoms with Crippen molar-refractivity contribution in [2.75, 3.05) is 11.9 Å².